The lowest BCUT2D eigenvalue weighted by atomic mass is 10.2. The van der Waals surface area contributed by atoms with E-state index in [0.717, 1.165) is 55.3 Å². The first kappa shape index (κ1) is 23.6. The number of guanidine groups is 1. The molecule has 0 atom stereocenters. The van der Waals surface area contributed by atoms with E-state index in [9.17, 15) is 0 Å². The van der Waals surface area contributed by atoms with Crippen molar-refractivity contribution in [3.63, 3.8) is 0 Å². The number of aryl methyl sites for hydroxylation is 1. The third-order valence-electron chi connectivity index (χ3n) is 4.64. The summed E-state index contributed by atoms with van der Waals surface area (Å²) in [6, 6.07) is 4.17. The van der Waals surface area contributed by atoms with Gasteiger partial charge in [0.05, 0.1) is 17.8 Å². The maximum atomic E-state index is 5.27. The molecule has 0 aromatic carbocycles. The van der Waals surface area contributed by atoms with Crippen LogP contribution in [-0.2, 0) is 6.42 Å². The third kappa shape index (κ3) is 6.39. The fourth-order valence-electron chi connectivity index (χ4n) is 3.05. The zero-order chi connectivity index (χ0) is 19.9. The molecule has 1 saturated heterocycles. The molecule has 29 heavy (non-hydrogen) atoms. The number of nitrogens with one attached hydrogen (secondary N) is 1. The Hall–Kier alpha value is -1.69. The van der Waals surface area contributed by atoms with Gasteiger partial charge in [-0.2, -0.15) is 4.98 Å². The van der Waals surface area contributed by atoms with E-state index in [0.29, 0.717) is 11.8 Å². The Morgan fingerprint density at radius 3 is 2.59 bits per heavy atom. The molecule has 10 heteroatoms. The number of piperazine rings is 1. The fourth-order valence-corrected chi connectivity index (χ4v) is 3.41. The molecule has 0 bridgehead atoms. The molecular weight excluding hydrogens is 549 g/mol. The molecule has 1 aliphatic rings. The Balaban J connectivity index is 0.00000300. The standard InChI is InChI=1S/C19H26BrN7O.HI/c1-14-4-5-15(12-23-14)6-7-22-18(21-2)26-8-10-27(11-9-26)19-24-13-16(20)17(25-19)28-3;/h4-5,12-13H,6-11H2,1-3H3,(H,21,22);1H. The first-order chi connectivity index (χ1) is 13.6. The van der Waals surface area contributed by atoms with Gasteiger partial charge in [-0.1, -0.05) is 6.07 Å². The van der Waals surface area contributed by atoms with Crippen LogP contribution in [0, 0.1) is 6.92 Å². The molecule has 1 N–H and O–H groups in total. The summed E-state index contributed by atoms with van der Waals surface area (Å²) in [4.78, 5) is 22.1. The molecule has 0 saturated carbocycles. The molecule has 3 heterocycles. The first-order valence-electron chi connectivity index (χ1n) is 9.29. The average molecular weight is 576 g/mol. The number of pyridine rings is 1. The molecular formula is C19H27BrIN7O. The number of anilines is 1. The lowest BCUT2D eigenvalue weighted by molar-refractivity contribution is 0.366. The summed E-state index contributed by atoms with van der Waals surface area (Å²) < 4.78 is 6.03. The molecule has 3 rings (SSSR count). The monoisotopic (exact) mass is 575 g/mol. The van der Waals surface area contributed by atoms with Gasteiger partial charge in [0.25, 0.3) is 0 Å². The van der Waals surface area contributed by atoms with Crippen LogP contribution in [0.1, 0.15) is 11.3 Å². The van der Waals surface area contributed by atoms with Crippen molar-refractivity contribution in [2.75, 3.05) is 51.8 Å². The number of aliphatic imine (C=N–C) groups is 1. The highest BCUT2D eigenvalue weighted by Crippen LogP contribution is 2.23. The van der Waals surface area contributed by atoms with Gasteiger partial charge in [-0.25, -0.2) is 4.98 Å². The van der Waals surface area contributed by atoms with Gasteiger partial charge >= 0.3 is 0 Å². The van der Waals surface area contributed by atoms with Gasteiger partial charge in [0, 0.05) is 51.7 Å². The SMILES string of the molecule is CN=C(NCCc1ccc(C)nc1)N1CCN(c2ncc(Br)c(OC)n2)CC1.I. The molecule has 0 aliphatic carbocycles. The largest absolute Gasteiger partial charge is 0.480 e. The van der Waals surface area contributed by atoms with Crippen LogP contribution in [0.5, 0.6) is 5.88 Å². The van der Waals surface area contributed by atoms with E-state index in [4.69, 9.17) is 4.74 Å². The number of nitrogens with zero attached hydrogens (tertiary/aromatic N) is 6. The molecule has 158 valence electrons. The number of halogens is 2. The summed E-state index contributed by atoms with van der Waals surface area (Å²) in [6.07, 6.45) is 4.58. The molecule has 1 fully saturated rings. The number of methoxy groups -OCH3 is 1. The highest BCUT2D eigenvalue weighted by Gasteiger charge is 2.22. The van der Waals surface area contributed by atoms with Crippen LogP contribution in [0.3, 0.4) is 0 Å². The van der Waals surface area contributed by atoms with Crippen LogP contribution in [0.4, 0.5) is 5.95 Å². The molecule has 0 radical (unpaired) electrons. The summed E-state index contributed by atoms with van der Waals surface area (Å²) in [5, 5.41) is 3.45. The minimum atomic E-state index is 0. The van der Waals surface area contributed by atoms with Crippen molar-refractivity contribution >= 4 is 51.8 Å². The molecule has 0 unspecified atom stereocenters. The molecule has 0 amide bonds. The van der Waals surface area contributed by atoms with E-state index in [1.54, 1.807) is 13.3 Å². The van der Waals surface area contributed by atoms with Crippen LogP contribution in [0.15, 0.2) is 34.0 Å². The molecule has 1 aliphatic heterocycles. The van der Waals surface area contributed by atoms with Gasteiger partial charge in [0.15, 0.2) is 5.96 Å². The van der Waals surface area contributed by atoms with Crippen LogP contribution < -0.4 is 15.0 Å². The second-order valence-corrected chi connectivity index (χ2v) is 7.39. The molecule has 2 aromatic heterocycles. The van der Waals surface area contributed by atoms with Crippen molar-refractivity contribution in [2.45, 2.75) is 13.3 Å². The Morgan fingerprint density at radius 1 is 1.21 bits per heavy atom. The number of rotatable bonds is 5. The quantitative estimate of drug-likeness (QED) is 0.333. The number of ether oxygens (including phenoxy) is 1. The van der Waals surface area contributed by atoms with Crippen LogP contribution in [0.2, 0.25) is 0 Å². The van der Waals surface area contributed by atoms with Crippen LogP contribution in [0.25, 0.3) is 0 Å². The maximum absolute atomic E-state index is 5.27. The fraction of sp³-hybridized carbons (Fsp3) is 0.474. The van der Waals surface area contributed by atoms with E-state index in [1.807, 2.05) is 26.2 Å². The Bertz CT molecular complexity index is 811. The van der Waals surface area contributed by atoms with Crippen LogP contribution in [-0.4, -0.2) is 72.7 Å². The molecule has 2 aromatic rings. The van der Waals surface area contributed by atoms with Crippen molar-refractivity contribution in [2.24, 2.45) is 4.99 Å². The normalized spacial score (nSPS) is 14.4. The molecule has 8 nitrogen and oxygen atoms in total. The van der Waals surface area contributed by atoms with E-state index in [1.165, 1.54) is 5.56 Å². The van der Waals surface area contributed by atoms with Gasteiger partial charge < -0.3 is 19.9 Å². The van der Waals surface area contributed by atoms with E-state index < -0.39 is 0 Å². The highest BCUT2D eigenvalue weighted by molar-refractivity contribution is 14.0. The van der Waals surface area contributed by atoms with Crippen molar-refractivity contribution < 1.29 is 4.74 Å². The number of aromatic nitrogens is 3. The van der Waals surface area contributed by atoms with E-state index >= 15 is 0 Å². The van der Waals surface area contributed by atoms with Crippen LogP contribution >= 0.6 is 39.9 Å². The third-order valence-corrected chi connectivity index (χ3v) is 5.18. The minimum Gasteiger partial charge on any atom is -0.480 e. The second-order valence-electron chi connectivity index (χ2n) is 6.53. The second kappa shape index (κ2) is 11.5. The number of hydrogen-bond donors (Lipinski definition) is 1. The summed E-state index contributed by atoms with van der Waals surface area (Å²) in [5.41, 5.74) is 2.26. The zero-order valence-corrected chi connectivity index (χ0v) is 20.8. The maximum Gasteiger partial charge on any atom is 0.232 e. The van der Waals surface area contributed by atoms with Gasteiger partial charge in [-0.3, -0.25) is 9.98 Å². The van der Waals surface area contributed by atoms with Gasteiger partial charge in [0.1, 0.15) is 0 Å². The minimum absolute atomic E-state index is 0. The summed E-state index contributed by atoms with van der Waals surface area (Å²) >= 11 is 3.39. The lowest BCUT2D eigenvalue weighted by Gasteiger charge is -2.36. The summed E-state index contributed by atoms with van der Waals surface area (Å²) in [5.74, 6) is 2.17. The van der Waals surface area contributed by atoms with Crippen molar-refractivity contribution in [3.05, 3.63) is 40.3 Å². The lowest BCUT2D eigenvalue weighted by Crippen LogP contribution is -2.53. The van der Waals surface area contributed by atoms with Gasteiger partial charge in [0.2, 0.25) is 11.8 Å². The predicted octanol–water partition coefficient (Wildman–Crippen LogP) is 2.51. The predicted molar refractivity (Wildman–Crippen MR) is 130 cm³/mol. The zero-order valence-electron chi connectivity index (χ0n) is 16.9. The van der Waals surface area contributed by atoms with Crippen molar-refractivity contribution in [3.8, 4) is 5.88 Å². The van der Waals surface area contributed by atoms with Gasteiger partial charge in [-0.05, 0) is 40.9 Å². The molecule has 0 spiro atoms. The summed E-state index contributed by atoms with van der Waals surface area (Å²) in [7, 11) is 3.43. The Kier molecular flexibility index (Phi) is 9.34. The first-order valence-corrected chi connectivity index (χ1v) is 10.1. The van der Waals surface area contributed by atoms with Crippen molar-refractivity contribution in [1.82, 2.24) is 25.2 Å². The van der Waals surface area contributed by atoms with E-state index in [2.05, 4.69) is 57.1 Å². The van der Waals surface area contributed by atoms with Crippen molar-refractivity contribution in [1.29, 1.82) is 0 Å². The van der Waals surface area contributed by atoms with E-state index in [-0.39, 0.29) is 24.0 Å². The van der Waals surface area contributed by atoms with Gasteiger partial charge in [-0.15, -0.1) is 24.0 Å². The highest BCUT2D eigenvalue weighted by atomic mass is 127. The summed E-state index contributed by atoms with van der Waals surface area (Å²) in [6.45, 7) is 6.19. The number of hydrogen-bond acceptors (Lipinski definition) is 6. The Morgan fingerprint density at radius 2 is 1.97 bits per heavy atom. The topological polar surface area (TPSA) is 78.8 Å². The smallest absolute Gasteiger partial charge is 0.232 e. The Labute approximate surface area is 197 Å². The average Bonchev–Trinajstić information content (AvgIpc) is 2.73.